The highest BCUT2D eigenvalue weighted by molar-refractivity contribution is 5.95. The van der Waals surface area contributed by atoms with E-state index in [4.69, 9.17) is 0 Å². The summed E-state index contributed by atoms with van der Waals surface area (Å²) in [5, 5.41) is 10.1. The van der Waals surface area contributed by atoms with Crippen molar-refractivity contribution in [1.82, 2.24) is 15.1 Å². The zero-order valence-electron chi connectivity index (χ0n) is 16.7. The topological polar surface area (TPSA) is 81.3 Å². The van der Waals surface area contributed by atoms with Crippen LogP contribution in [0.5, 0.6) is 0 Å². The molecule has 1 aliphatic heterocycles. The number of carbonyl (C=O) groups is 2. The highest BCUT2D eigenvalue weighted by Gasteiger charge is 2.26. The molecule has 2 N–H and O–H groups in total. The van der Waals surface area contributed by atoms with E-state index in [1.54, 1.807) is 0 Å². The van der Waals surface area contributed by atoms with Crippen molar-refractivity contribution < 1.29 is 9.59 Å². The van der Waals surface area contributed by atoms with Crippen LogP contribution < -0.4 is 10.2 Å². The standard InChI is InChI=1S/C22H27N5O2/c1-3-21(28)27-12-10-26(11-13-27)18-8-6-16(7-9-18)15(2)22(29)23-20-14-19(24-25-20)17-4-5-17/h3,6-9,14-15,17H,1,4-5,10-13H2,2H3,(H2,23,24,25,29)/t15-/m1/s1. The van der Waals surface area contributed by atoms with Crippen molar-refractivity contribution >= 4 is 23.3 Å². The van der Waals surface area contributed by atoms with E-state index >= 15 is 0 Å². The van der Waals surface area contributed by atoms with Crippen LogP contribution in [-0.2, 0) is 9.59 Å². The first-order valence-electron chi connectivity index (χ1n) is 10.2. The van der Waals surface area contributed by atoms with Crippen LogP contribution >= 0.6 is 0 Å². The number of carbonyl (C=O) groups excluding carboxylic acids is 2. The van der Waals surface area contributed by atoms with Crippen molar-refractivity contribution in [3.8, 4) is 0 Å². The van der Waals surface area contributed by atoms with Gasteiger partial charge in [0.15, 0.2) is 5.82 Å². The molecule has 1 saturated heterocycles. The Morgan fingerprint density at radius 1 is 1.21 bits per heavy atom. The average Bonchev–Trinajstić information content (AvgIpc) is 3.52. The van der Waals surface area contributed by atoms with Gasteiger partial charge in [0.1, 0.15) is 0 Å². The molecule has 0 radical (unpaired) electrons. The van der Waals surface area contributed by atoms with E-state index in [0.717, 1.165) is 30.0 Å². The fourth-order valence-corrected chi connectivity index (χ4v) is 3.68. The third-order valence-electron chi connectivity index (χ3n) is 5.78. The molecule has 4 rings (SSSR count). The molecule has 1 atom stereocenters. The molecule has 29 heavy (non-hydrogen) atoms. The molecule has 0 unspecified atom stereocenters. The van der Waals surface area contributed by atoms with Gasteiger partial charge in [-0.25, -0.2) is 0 Å². The molecule has 2 amide bonds. The van der Waals surface area contributed by atoms with Crippen LogP contribution in [0.25, 0.3) is 0 Å². The second-order valence-electron chi connectivity index (χ2n) is 7.80. The molecule has 1 aromatic carbocycles. The number of hydrogen-bond donors (Lipinski definition) is 2. The summed E-state index contributed by atoms with van der Waals surface area (Å²) in [4.78, 5) is 28.4. The summed E-state index contributed by atoms with van der Waals surface area (Å²) in [6, 6.07) is 10.0. The van der Waals surface area contributed by atoms with Crippen LogP contribution in [0.2, 0.25) is 0 Å². The van der Waals surface area contributed by atoms with E-state index in [1.807, 2.05) is 42.2 Å². The molecule has 0 spiro atoms. The Morgan fingerprint density at radius 3 is 2.52 bits per heavy atom. The number of piperazine rings is 1. The molecule has 2 aromatic rings. The fraction of sp³-hybridized carbons (Fsp3) is 0.409. The number of rotatable bonds is 6. The van der Waals surface area contributed by atoms with E-state index in [0.29, 0.717) is 24.8 Å². The van der Waals surface area contributed by atoms with Gasteiger partial charge in [0.25, 0.3) is 0 Å². The van der Waals surface area contributed by atoms with E-state index in [2.05, 4.69) is 27.0 Å². The molecule has 152 valence electrons. The second-order valence-corrected chi connectivity index (χ2v) is 7.80. The first-order valence-corrected chi connectivity index (χ1v) is 10.2. The van der Waals surface area contributed by atoms with Gasteiger partial charge in [0.05, 0.1) is 5.92 Å². The van der Waals surface area contributed by atoms with Gasteiger partial charge in [0, 0.05) is 49.5 Å². The third kappa shape index (κ3) is 4.34. The predicted molar refractivity (Wildman–Crippen MR) is 113 cm³/mol. The van der Waals surface area contributed by atoms with E-state index in [-0.39, 0.29) is 17.7 Å². The normalized spacial score (nSPS) is 17.7. The number of nitrogens with zero attached hydrogens (tertiary/aromatic N) is 3. The zero-order valence-corrected chi connectivity index (χ0v) is 16.7. The molecule has 7 heteroatoms. The fourth-order valence-electron chi connectivity index (χ4n) is 3.68. The van der Waals surface area contributed by atoms with Gasteiger partial charge in [-0.05, 0) is 43.5 Å². The van der Waals surface area contributed by atoms with Gasteiger partial charge >= 0.3 is 0 Å². The maximum absolute atomic E-state index is 12.6. The highest BCUT2D eigenvalue weighted by Crippen LogP contribution is 2.39. The number of benzene rings is 1. The summed E-state index contributed by atoms with van der Waals surface area (Å²) < 4.78 is 0. The van der Waals surface area contributed by atoms with Crippen molar-refractivity contribution in [3.05, 3.63) is 54.2 Å². The average molecular weight is 393 g/mol. The van der Waals surface area contributed by atoms with Crippen molar-refractivity contribution in [3.63, 3.8) is 0 Å². The Kier molecular flexibility index (Phi) is 5.38. The van der Waals surface area contributed by atoms with Crippen LogP contribution in [0.1, 0.15) is 42.9 Å². The maximum atomic E-state index is 12.6. The predicted octanol–water partition coefficient (Wildman–Crippen LogP) is 2.86. The lowest BCUT2D eigenvalue weighted by Gasteiger charge is -2.35. The van der Waals surface area contributed by atoms with Crippen LogP contribution in [0.3, 0.4) is 0 Å². The minimum atomic E-state index is -0.271. The molecule has 1 saturated carbocycles. The van der Waals surface area contributed by atoms with Crippen LogP contribution in [0.4, 0.5) is 11.5 Å². The quantitative estimate of drug-likeness (QED) is 0.740. The Bertz CT molecular complexity index is 892. The van der Waals surface area contributed by atoms with Gasteiger partial charge < -0.3 is 15.1 Å². The van der Waals surface area contributed by atoms with Crippen LogP contribution in [0.15, 0.2) is 43.0 Å². The SMILES string of the molecule is C=CC(=O)N1CCN(c2ccc([C@@H](C)C(=O)Nc3cc(C4CC4)[nH]n3)cc2)CC1. The molecular weight excluding hydrogens is 366 g/mol. The number of amides is 2. The molecule has 7 nitrogen and oxygen atoms in total. The lowest BCUT2D eigenvalue weighted by molar-refractivity contribution is -0.126. The Hall–Kier alpha value is -3.09. The van der Waals surface area contributed by atoms with Crippen molar-refractivity contribution in [1.29, 1.82) is 0 Å². The summed E-state index contributed by atoms with van der Waals surface area (Å²) >= 11 is 0. The van der Waals surface area contributed by atoms with Crippen LogP contribution in [0, 0.1) is 0 Å². The molecule has 1 aliphatic carbocycles. The van der Waals surface area contributed by atoms with Crippen LogP contribution in [-0.4, -0.2) is 53.1 Å². The highest BCUT2D eigenvalue weighted by atomic mass is 16.2. The van der Waals surface area contributed by atoms with Gasteiger partial charge in [-0.15, -0.1) is 0 Å². The molecule has 2 fully saturated rings. The van der Waals surface area contributed by atoms with E-state index in [1.165, 1.54) is 18.9 Å². The third-order valence-corrected chi connectivity index (χ3v) is 5.78. The van der Waals surface area contributed by atoms with Crippen molar-refractivity contribution in [2.24, 2.45) is 0 Å². The number of aromatic amines is 1. The first kappa shape index (κ1) is 19.2. The van der Waals surface area contributed by atoms with E-state index in [9.17, 15) is 9.59 Å². The maximum Gasteiger partial charge on any atom is 0.246 e. The number of hydrogen-bond acceptors (Lipinski definition) is 4. The lowest BCUT2D eigenvalue weighted by atomic mass is 10.00. The molecular formula is C22H27N5O2. The molecule has 2 heterocycles. The summed E-state index contributed by atoms with van der Waals surface area (Å²) in [6.07, 6.45) is 3.75. The second kappa shape index (κ2) is 8.11. The summed E-state index contributed by atoms with van der Waals surface area (Å²) in [5.41, 5.74) is 3.17. The lowest BCUT2D eigenvalue weighted by Crippen LogP contribution is -2.48. The Labute approximate surface area is 170 Å². The minimum absolute atomic E-state index is 0.0130. The smallest absolute Gasteiger partial charge is 0.246 e. The first-order chi connectivity index (χ1) is 14.0. The Balaban J connectivity index is 1.33. The molecule has 1 aromatic heterocycles. The Morgan fingerprint density at radius 2 is 1.90 bits per heavy atom. The van der Waals surface area contributed by atoms with Gasteiger partial charge in [-0.3, -0.25) is 14.7 Å². The molecule has 0 bridgehead atoms. The molecule has 2 aliphatic rings. The van der Waals surface area contributed by atoms with Crippen molar-refractivity contribution in [2.75, 3.05) is 36.4 Å². The summed E-state index contributed by atoms with van der Waals surface area (Å²) in [7, 11) is 0. The van der Waals surface area contributed by atoms with Gasteiger partial charge in [0.2, 0.25) is 11.8 Å². The number of H-pyrrole nitrogens is 1. The zero-order chi connectivity index (χ0) is 20.4. The van der Waals surface area contributed by atoms with Gasteiger partial charge in [-0.1, -0.05) is 18.7 Å². The monoisotopic (exact) mass is 393 g/mol. The van der Waals surface area contributed by atoms with Crippen molar-refractivity contribution in [2.45, 2.75) is 31.6 Å². The van der Waals surface area contributed by atoms with Gasteiger partial charge in [-0.2, -0.15) is 5.10 Å². The largest absolute Gasteiger partial charge is 0.368 e. The number of anilines is 2. The summed E-state index contributed by atoms with van der Waals surface area (Å²) in [5.74, 6) is 0.818. The number of aromatic nitrogens is 2. The minimum Gasteiger partial charge on any atom is -0.368 e. The number of nitrogens with one attached hydrogen (secondary N) is 2. The van der Waals surface area contributed by atoms with E-state index < -0.39 is 0 Å². The summed E-state index contributed by atoms with van der Waals surface area (Å²) in [6.45, 7) is 8.41.